The number of nitrogens with two attached hydrogens (primary N) is 1. The lowest BCUT2D eigenvalue weighted by Gasteiger charge is -2.22. The molecule has 218 valence electrons. The number of hydrogen-bond acceptors (Lipinski definition) is 8. The molecule has 0 atom stereocenters. The Morgan fingerprint density at radius 2 is 1.95 bits per heavy atom. The second kappa shape index (κ2) is 13.8. The zero-order valence-electron chi connectivity index (χ0n) is 24.0. The zero-order valence-corrected chi connectivity index (χ0v) is 24.8. The van der Waals surface area contributed by atoms with E-state index >= 15 is 0 Å². The highest BCUT2D eigenvalue weighted by Crippen LogP contribution is 2.33. The predicted molar refractivity (Wildman–Crippen MR) is 156 cm³/mol. The number of ether oxygens (including phenoxy) is 1. The Balaban J connectivity index is 1.47. The lowest BCUT2D eigenvalue weighted by molar-refractivity contribution is -0.479. The zero-order chi connectivity index (χ0) is 29.4. The highest BCUT2D eigenvalue weighted by atomic mass is 35.5. The fourth-order valence-corrected chi connectivity index (χ4v) is 4.82. The number of hydrogen-bond donors (Lipinski definition) is 3. The second-order valence-electron chi connectivity index (χ2n) is 10.9. The van der Waals surface area contributed by atoms with E-state index in [0.29, 0.717) is 54.1 Å². The van der Waals surface area contributed by atoms with Crippen molar-refractivity contribution in [3.05, 3.63) is 70.8 Å². The largest absolute Gasteiger partial charge is 0.493 e. The molecule has 4 rings (SSSR count). The van der Waals surface area contributed by atoms with Gasteiger partial charge in [0.25, 0.3) is 5.89 Å². The number of primary amides is 1. The molecule has 10 nitrogen and oxygen atoms in total. The number of carbonyl (C=O) groups is 2. The molecule has 0 bridgehead atoms. The van der Waals surface area contributed by atoms with E-state index in [1.54, 1.807) is 23.5 Å². The van der Waals surface area contributed by atoms with Crippen LogP contribution < -0.4 is 20.7 Å². The summed E-state index contributed by atoms with van der Waals surface area (Å²) in [6, 6.07) is 14.6. The number of para-hydroxylation sites is 1. The number of halogens is 1. The Morgan fingerprint density at radius 3 is 2.71 bits per heavy atom. The fourth-order valence-electron chi connectivity index (χ4n) is 4.65. The molecule has 1 fully saturated rings. The van der Waals surface area contributed by atoms with Crippen LogP contribution in [0, 0.1) is 5.41 Å². The third-order valence-electron chi connectivity index (χ3n) is 6.69. The molecule has 0 unspecified atom stereocenters. The number of amides is 2. The van der Waals surface area contributed by atoms with Crippen LogP contribution in [0.4, 0.5) is 5.69 Å². The van der Waals surface area contributed by atoms with Gasteiger partial charge in [-0.3, -0.25) is 4.79 Å². The van der Waals surface area contributed by atoms with Crippen LogP contribution in [0.5, 0.6) is 5.75 Å². The van der Waals surface area contributed by atoms with E-state index in [2.05, 4.69) is 25.7 Å². The van der Waals surface area contributed by atoms with E-state index in [1.807, 2.05) is 58.2 Å². The molecule has 2 heterocycles. The lowest BCUT2D eigenvalue weighted by Crippen LogP contribution is -2.83. The number of likely N-dealkylation sites (N-methyl/N-ethyl adjacent to an activating group) is 1. The summed E-state index contributed by atoms with van der Waals surface area (Å²) in [5.74, 6) is 0.773. The van der Waals surface area contributed by atoms with Crippen LogP contribution in [-0.2, 0) is 16.0 Å². The van der Waals surface area contributed by atoms with E-state index in [0.717, 1.165) is 24.5 Å². The van der Waals surface area contributed by atoms with Crippen molar-refractivity contribution in [2.24, 2.45) is 5.41 Å². The van der Waals surface area contributed by atoms with Gasteiger partial charge in [-0.15, -0.1) is 10.2 Å². The third kappa shape index (κ3) is 8.63. The van der Waals surface area contributed by atoms with Crippen molar-refractivity contribution in [2.45, 2.75) is 40.0 Å². The lowest BCUT2D eigenvalue weighted by atomic mass is 9.85. The number of quaternary nitrogens is 1. The summed E-state index contributed by atoms with van der Waals surface area (Å²) in [4.78, 5) is 28.9. The van der Waals surface area contributed by atoms with Crippen LogP contribution in [0.1, 0.15) is 39.5 Å². The highest BCUT2D eigenvalue weighted by Gasteiger charge is 2.29. The first-order valence-corrected chi connectivity index (χ1v) is 14.2. The van der Waals surface area contributed by atoms with Crippen molar-refractivity contribution in [3.8, 4) is 17.2 Å². The van der Waals surface area contributed by atoms with Crippen LogP contribution in [0.3, 0.4) is 0 Å². The minimum Gasteiger partial charge on any atom is -0.493 e. The molecule has 1 aliphatic rings. The van der Waals surface area contributed by atoms with Gasteiger partial charge in [0.05, 0.1) is 12.2 Å². The molecule has 1 saturated heterocycles. The molecule has 11 heteroatoms. The topological polar surface area (TPSA) is 126 Å². The van der Waals surface area contributed by atoms with Gasteiger partial charge in [0.15, 0.2) is 5.70 Å². The van der Waals surface area contributed by atoms with Crippen LogP contribution in [0.25, 0.3) is 11.5 Å². The first-order valence-electron chi connectivity index (χ1n) is 13.8. The van der Waals surface area contributed by atoms with E-state index in [-0.39, 0.29) is 23.9 Å². The monoisotopic (exact) mass is 581 g/mol. The maximum atomic E-state index is 13.4. The van der Waals surface area contributed by atoms with Crippen molar-refractivity contribution >= 4 is 29.1 Å². The van der Waals surface area contributed by atoms with Crippen LogP contribution in [-0.4, -0.2) is 60.2 Å². The van der Waals surface area contributed by atoms with E-state index in [9.17, 15) is 9.59 Å². The maximum Gasteiger partial charge on any atom is 0.365 e. The molecule has 0 aliphatic carbocycles. The van der Waals surface area contributed by atoms with Gasteiger partial charge < -0.3 is 24.7 Å². The van der Waals surface area contributed by atoms with Gasteiger partial charge in [0.2, 0.25) is 11.8 Å². The van der Waals surface area contributed by atoms with Gasteiger partial charge >= 0.3 is 5.91 Å². The highest BCUT2D eigenvalue weighted by molar-refractivity contribution is 6.30. The standard InChI is InChI=1S/C30H37ClN6O4/c1-5-40-24-12-11-20(31)17-22(24)29-36-35-26(41-29)19-30(2,3)18-25(38)34-27(23-13-15-37(4)16-14-32-23)28(39)33-21-9-7-6-8-10-21/h6-12,17,32H,5,13-16,18-19H2,1-4H3,(H,33,39)(H,34,38)/p+1/b27-23+. The first-order chi connectivity index (χ1) is 19.6. The fraction of sp³-hybridized carbons (Fsp3) is 0.400. The van der Waals surface area contributed by atoms with Crippen molar-refractivity contribution in [1.29, 1.82) is 0 Å². The van der Waals surface area contributed by atoms with Crippen molar-refractivity contribution < 1.29 is 24.1 Å². The molecule has 1 aliphatic heterocycles. The number of carbonyl (C=O) groups excluding carboxylic acids is 2. The molecule has 41 heavy (non-hydrogen) atoms. The molecular formula is C30H38ClN6O4+. The summed E-state index contributed by atoms with van der Waals surface area (Å²) in [6.45, 7) is 8.59. The Hall–Kier alpha value is -3.73. The Kier molecular flexibility index (Phi) is 10.1. The minimum atomic E-state index is -0.538. The van der Waals surface area contributed by atoms with Crippen LogP contribution >= 0.6 is 11.6 Å². The Bertz CT molecular complexity index is 1390. The average molecular weight is 582 g/mol. The summed E-state index contributed by atoms with van der Waals surface area (Å²) in [5.41, 5.74) is 1.87. The summed E-state index contributed by atoms with van der Waals surface area (Å²) in [7, 11) is 2.04. The smallest absolute Gasteiger partial charge is 0.365 e. The normalized spacial score (nSPS) is 15.5. The predicted octanol–water partition coefficient (Wildman–Crippen LogP) is 3.42. The van der Waals surface area contributed by atoms with Crippen molar-refractivity contribution in [1.82, 2.24) is 25.7 Å². The quantitative estimate of drug-likeness (QED) is 0.246. The molecular weight excluding hydrogens is 544 g/mol. The van der Waals surface area contributed by atoms with E-state index < -0.39 is 5.41 Å². The minimum absolute atomic E-state index is 0.140. The number of aromatic nitrogens is 2. The summed E-state index contributed by atoms with van der Waals surface area (Å²) >= 11 is 6.19. The molecule has 3 aromatic rings. The third-order valence-corrected chi connectivity index (χ3v) is 6.93. The van der Waals surface area contributed by atoms with Gasteiger partial charge in [0, 0.05) is 49.6 Å². The Labute approximate surface area is 245 Å². The van der Waals surface area contributed by atoms with Crippen molar-refractivity contribution in [2.75, 3.05) is 33.3 Å². The van der Waals surface area contributed by atoms with Gasteiger partial charge in [-0.05, 0) is 49.7 Å². The average Bonchev–Trinajstić information content (AvgIpc) is 3.27. The van der Waals surface area contributed by atoms with Crippen LogP contribution in [0.2, 0.25) is 5.02 Å². The molecule has 0 saturated carbocycles. The number of nitrogens with zero attached hydrogens (tertiary/aromatic N) is 3. The molecule has 0 radical (unpaired) electrons. The van der Waals surface area contributed by atoms with Gasteiger partial charge in [-0.2, -0.15) is 0 Å². The maximum absolute atomic E-state index is 13.4. The van der Waals surface area contributed by atoms with Gasteiger partial charge in [-0.25, -0.2) is 10.1 Å². The molecule has 2 aromatic carbocycles. The summed E-state index contributed by atoms with van der Waals surface area (Å²) < 4.78 is 11.6. The van der Waals surface area contributed by atoms with Gasteiger partial charge in [0.1, 0.15) is 11.4 Å². The number of benzene rings is 2. The van der Waals surface area contributed by atoms with Crippen molar-refractivity contribution in [3.63, 3.8) is 0 Å². The summed E-state index contributed by atoms with van der Waals surface area (Å²) in [6.07, 6.45) is 1.13. The SMILES string of the molecule is CCOc1ccc(Cl)cc1-c1nnc(CC(C)(C)CC(=O)N/C(C(=O)[NH2+]c2ccccc2)=C2\CCN(C)CCN2)o1. The number of rotatable bonds is 10. The number of nitrogens with one attached hydrogen (secondary N) is 2. The van der Waals surface area contributed by atoms with E-state index in [4.69, 9.17) is 20.8 Å². The first kappa shape index (κ1) is 30.2. The summed E-state index contributed by atoms with van der Waals surface area (Å²) in [5, 5.41) is 16.8. The molecule has 2 amide bonds. The second-order valence-corrected chi connectivity index (χ2v) is 11.3. The Morgan fingerprint density at radius 1 is 1.17 bits per heavy atom. The van der Waals surface area contributed by atoms with Gasteiger partial charge in [-0.1, -0.05) is 43.6 Å². The van der Waals surface area contributed by atoms with E-state index in [1.165, 1.54) is 0 Å². The molecule has 0 spiro atoms. The van der Waals surface area contributed by atoms with Crippen LogP contribution in [0.15, 0.2) is 64.3 Å². The molecule has 4 N–H and O–H groups in total. The molecule has 1 aromatic heterocycles.